The number of hydrogen-bond acceptors (Lipinski definition) is 1. The number of rotatable bonds is 3. The number of Topliss-reactive ketones (excluding diaryl/α,β-unsaturated/α-hetero) is 1. The van der Waals surface area contributed by atoms with Crippen molar-refractivity contribution in [1.82, 2.24) is 0 Å². The molecule has 0 saturated heterocycles. The van der Waals surface area contributed by atoms with Crippen LogP contribution in [0.1, 0.15) is 34.0 Å². The maximum absolute atomic E-state index is 11.8. The Labute approximate surface area is 125 Å². The molecule has 1 nitrogen and oxygen atoms in total. The molecular weight excluding hydrogens is 256 g/mol. The van der Waals surface area contributed by atoms with E-state index < -0.39 is 0 Å². The summed E-state index contributed by atoms with van der Waals surface area (Å²) in [5.74, 6) is 0.129. The summed E-state index contributed by atoms with van der Waals surface area (Å²) in [4.78, 5) is 11.8. The normalized spacial score (nSPS) is 10.8. The number of carbonyl (C=O) groups is 1. The minimum atomic E-state index is 0.129. The molecule has 0 saturated carbocycles. The molecule has 0 atom stereocenters. The Kier molecular flexibility index (Phi) is 3.57. The molecule has 0 bridgehead atoms. The molecule has 0 aliphatic rings. The van der Waals surface area contributed by atoms with Crippen LogP contribution in [0.4, 0.5) is 0 Å². The van der Waals surface area contributed by atoms with Gasteiger partial charge in [-0.3, -0.25) is 4.79 Å². The Morgan fingerprint density at radius 1 is 0.857 bits per heavy atom. The van der Waals surface area contributed by atoms with E-state index in [1.165, 1.54) is 21.9 Å². The number of ketones is 1. The largest absolute Gasteiger partial charge is 0.295 e. The van der Waals surface area contributed by atoms with E-state index in [0.29, 0.717) is 0 Å². The first-order valence-corrected chi connectivity index (χ1v) is 7.22. The van der Waals surface area contributed by atoms with E-state index in [9.17, 15) is 4.79 Å². The third kappa shape index (κ3) is 2.73. The van der Waals surface area contributed by atoms with E-state index in [-0.39, 0.29) is 5.78 Å². The number of carbonyl (C=O) groups excluding carboxylic acids is 1. The van der Waals surface area contributed by atoms with Gasteiger partial charge in [-0.05, 0) is 47.7 Å². The monoisotopic (exact) mass is 274 g/mol. The van der Waals surface area contributed by atoms with Gasteiger partial charge in [0.05, 0.1) is 0 Å². The predicted octanol–water partition coefficient (Wildman–Crippen LogP) is 4.94. The molecule has 0 radical (unpaired) electrons. The van der Waals surface area contributed by atoms with Gasteiger partial charge in [-0.2, -0.15) is 0 Å². The molecule has 0 heterocycles. The first-order valence-electron chi connectivity index (χ1n) is 7.22. The molecule has 21 heavy (non-hydrogen) atoms. The van der Waals surface area contributed by atoms with E-state index in [4.69, 9.17) is 0 Å². The second kappa shape index (κ2) is 5.53. The summed E-state index contributed by atoms with van der Waals surface area (Å²) in [5.41, 5.74) is 4.47. The molecule has 0 fully saturated rings. The Balaban J connectivity index is 2.06. The van der Waals surface area contributed by atoms with Gasteiger partial charge in [0, 0.05) is 5.56 Å². The number of benzene rings is 3. The second-order valence-electron chi connectivity index (χ2n) is 5.52. The van der Waals surface area contributed by atoms with E-state index in [0.717, 1.165) is 17.5 Å². The maximum Gasteiger partial charge on any atom is 0.160 e. The Bertz CT molecular complexity index is 815. The Hall–Kier alpha value is -2.41. The van der Waals surface area contributed by atoms with Gasteiger partial charge in [0.25, 0.3) is 0 Å². The summed E-state index contributed by atoms with van der Waals surface area (Å²) in [6.07, 6.45) is 0.798. The van der Waals surface area contributed by atoms with Gasteiger partial charge in [-0.1, -0.05) is 60.7 Å². The fraction of sp³-hybridized carbons (Fsp3) is 0.150. The van der Waals surface area contributed by atoms with Crippen molar-refractivity contribution < 1.29 is 4.79 Å². The molecule has 0 aliphatic heterocycles. The highest BCUT2D eigenvalue weighted by Crippen LogP contribution is 2.23. The van der Waals surface area contributed by atoms with Crippen molar-refractivity contribution in [2.24, 2.45) is 0 Å². The maximum atomic E-state index is 11.8. The standard InChI is InChI=1S/C20H18O/c1-14-11-16-7-3-4-8-17(16)12-19(14)13-18-9-5-6-10-20(18)15(2)21/h3-12H,13H2,1-2H3. The van der Waals surface area contributed by atoms with Crippen molar-refractivity contribution >= 4 is 16.6 Å². The van der Waals surface area contributed by atoms with Gasteiger partial charge in [0.15, 0.2) is 5.78 Å². The molecule has 0 unspecified atom stereocenters. The highest BCUT2D eigenvalue weighted by atomic mass is 16.1. The zero-order valence-electron chi connectivity index (χ0n) is 12.4. The third-order valence-electron chi connectivity index (χ3n) is 3.98. The molecule has 0 aromatic heterocycles. The topological polar surface area (TPSA) is 17.1 Å². The van der Waals surface area contributed by atoms with Gasteiger partial charge in [-0.15, -0.1) is 0 Å². The molecule has 0 aliphatic carbocycles. The van der Waals surface area contributed by atoms with Crippen molar-refractivity contribution in [1.29, 1.82) is 0 Å². The van der Waals surface area contributed by atoms with E-state index in [2.05, 4.69) is 43.3 Å². The van der Waals surface area contributed by atoms with Crippen LogP contribution in [0.5, 0.6) is 0 Å². The molecule has 1 heteroatoms. The van der Waals surface area contributed by atoms with Crippen molar-refractivity contribution in [3.05, 3.63) is 82.9 Å². The van der Waals surface area contributed by atoms with Crippen LogP contribution in [-0.2, 0) is 6.42 Å². The zero-order valence-corrected chi connectivity index (χ0v) is 12.4. The number of hydrogen-bond donors (Lipinski definition) is 0. The second-order valence-corrected chi connectivity index (χ2v) is 5.52. The SMILES string of the molecule is CC(=O)c1ccccc1Cc1cc2ccccc2cc1C. The van der Waals surface area contributed by atoms with Crippen molar-refractivity contribution in [2.75, 3.05) is 0 Å². The fourth-order valence-corrected chi connectivity index (χ4v) is 2.81. The first kappa shape index (κ1) is 13.6. The fourth-order valence-electron chi connectivity index (χ4n) is 2.81. The quantitative estimate of drug-likeness (QED) is 0.618. The van der Waals surface area contributed by atoms with Crippen LogP contribution >= 0.6 is 0 Å². The summed E-state index contributed by atoms with van der Waals surface area (Å²) in [7, 11) is 0. The molecule has 3 rings (SSSR count). The van der Waals surface area contributed by atoms with Crippen LogP contribution in [0.3, 0.4) is 0 Å². The Morgan fingerprint density at radius 2 is 1.48 bits per heavy atom. The van der Waals surface area contributed by atoms with Crippen LogP contribution in [0.25, 0.3) is 10.8 Å². The van der Waals surface area contributed by atoms with Crippen molar-refractivity contribution in [2.45, 2.75) is 20.3 Å². The van der Waals surface area contributed by atoms with E-state index in [1.54, 1.807) is 6.92 Å². The molecule has 0 amide bonds. The minimum absolute atomic E-state index is 0.129. The molecule has 3 aromatic rings. The average Bonchev–Trinajstić information content (AvgIpc) is 2.48. The van der Waals surface area contributed by atoms with Crippen molar-refractivity contribution in [3.63, 3.8) is 0 Å². The van der Waals surface area contributed by atoms with E-state index in [1.807, 2.05) is 24.3 Å². The lowest BCUT2D eigenvalue weighted by atomic mass is 9.93. The summed E-state index contributed by atoms with van der Waals surface area (Å²) in [6.45, 7) is 3.77. The van der Waals surface area contributed by atoms with Gasteiger partial charge in [-0.25, -0.2) is 0 Å². The highest BCUT2D eigenvalue weighted by molar-refractivity contribution is 5.95. The van der Waals surface area contributed by atoms with Crippen LogP contribution in [-0.4, -0.2) is 5.78 Å². The van der Waals surface area contributed by atoms with Crippen molar-refractivity contribution in [3.8, 4) is 0 Å². The van der Waals surface area contributed by atoms with Crippen LogP contribution in [0.15, 0.2) is 60.7 Å². The first-order chi connectivity index (χ1) is 10.1. The summed E-state index contributed by atoms with van der Waals surface area (Å²) in [5, 5.41) is 2.51. The third-order valence-corrected chi connectivity index (χ3v) is 3.98. The molecule has 3 aromatic carbocycles. The zero-order chi connectivity index (χ0) is 14.8. The summed E-state index contributed by atoms with van der Waals surface area (Å²) >= 11 is 0. The lowest BCUT2D eigenvalue weighted by Gasteiger charge is -2.11. The van der Waals surface area contributed by atoms with E-state index >= 15 is 0 Å². The van der Waals surface area contributed by atoms with Gasteiger partial charge < -0.3 is 0 Å². The Morgan fingerprint density at radius 3 is 2.19 bits per heavy atom. The van der Waals surface area contributed by atoms with Crippen LogP contribution in [0.2, 0.25) is 0 Å². The number of fused-ring (bicyclic) bond motifs is 1. The lowest BCUT2D eigenvalue weighted by molar-refractivity contribution is 0.101. The molecule has 104 valence electrons. The van der Waals surface area contributed by atoms with Gasteiger partial charge >= 0.3 is 0 Å². The highest BCUT2D eigenvalue weighted by Gasteiger charge is 2.09. The number of aryl methyl sites for hydroxylation is 1. The smallest absolute Gasteiger partial charge is 0.160 e. The van der Waals surface area contributed by atoms with Crippen LogP contribution < -0.4 is 0 Å². The summed E-state index contributed by atoms with van der Waals surface area (Å²) < 4.78 is 0. The predicted molar refractivity (Wildman–Crippen MR) is 87.9 cm³/mol. The molecule has 0 spiro atoms. The minimum Gasteiger partial charge on any atom is -0.295 e. The average molecular weight is 274 g/mol. The molecule has 0 N–H and O–H groups in total. The molecular formula is C20H18O. The van der Waals surface area contributed by atoms with Gasteiger partial charge in [0.1, 0.15) is 0 Å². The lowest BCUT2D eigenvalue weighted by Crippen LogP contribution is -2.01. The van der Waals surface area contributed by atoms with Crippen LogP contribution in [0, 0.1) is 6.92 Å². The summed E-state index contributed by atoms with van der Waals surface area (Å²) in [6, 6.07) is 20.7. The van der Waals surface area contributed by atoms with Gasteiger partial charge in [0.2, 0.25) is 0 Å².